The number of Topliss-reactive ketones (excluding diaryl/α,β-unsaturated/α-hetero) is 1. The van der Waals surface area contributed by atoms with Gasteiger partial charge in [0.05, 0.1) is 19.8 Å². The van der Waals surface area contributed by atoms with Gasteiger partial charge in [0.2, 0.25) is 0 Å². The minimum Gasteiger partial charge on any atom is -0.497 e. The number of benzene rings is 2. The summed E-state index contributed by atoms with van der Waals surface area (Å²) in [4.78, 5) is 12.3. The molecule has 2 aromatic rings. The van der Waals surface area contributed by atoms with Crippen molar-refractivity contribution >= 4 is 5.78 Å². The number of ketones is 1. The summed E-state index contributed by atoms with van der Waals surface area (Å²) in [6, 6.07) is 13.9. The highest BCUT2D eigenvalue weighted by Gasteiger charge is 2.27. The summed E-state index contributed by atoms with van der Waals surface area (Å²) in [6.07, 6.45) is 0.00561. The van der Waals surface area contributed by atoms with E-state index in [0.29, 0.717) is 22.6 Å². The summed E-state index contributed by atoms with van der Waals surface area (Å²) in [5, 5.41) is 10.6. The smallest absolute Gasteiger partial charge is 0.166 e. The van der Waals surface area contributed by atoms with Crippen molar-refractivity contribution in [1.29, 1.82) is 0 Å². The SMILES string of the molecule is COc1ccc(C(=O)CC(C)(O)c2ccc(OC)cc2)cc1. The van der Waals surface area contributed by atoms with Crippen molar-refractivity contribution < 1.29 is 19.4 Å². The van der Waals surface area contributed by atoms with Crippen molar-refractivity contribution in [2.75, 3.05) is 14.2 Å². The molecule has 0 spiro atoms. The van der Waals surface area contributed by atoms with E-state index in [-0.39, 0.29) is 12.2 Å². The minimum absolute atomic E-state index is 0.00561. The van der Waals surface area contributed by atoms with Crippen LogP contribution in [0.2, 0.25) is 0 Å². The Kier molecular flexibility index (Phi) is 4.83. The molecule has 0 fully saturated rings. The maximum atomic E-state index is 12.3. The van der Waals surface area contributed by atoms with Crippen molar-refractivity contribution in [2.45, 2.75) is 18.9 Å². The predicted octanol–water partition coefficient (Wildman–Crippen LogP) is 3.18. The summed E-state index contributed by atoms with van der Waals surface area (Å²) in [5.74, 6) is 1.28. The van der Waals surface area contributed by atoms with Gasteiger partial charge in [0.1, 0.15) is 11.5 Å². The Morgan fingerprint density at radius 2 is 1.41 bits per heavy atom. The van der Waals surface area contributed by atoms with Gasteiger partial charge < -0.3 is 14.6 Å². The molecule has 1 unspecified atom stereocenters. The fourth-order valence-electron chi connectivity index (χ4n) is 2.24. The molecule has 4 heteroatoms. The number of aliphatic hydroxyl groups is 1. The minimum atomic E-state index is -1.23. The van der Waals surface area contributed by atoms with Gasteiger partial charge in [-0.1, -0.05) is 12.1 Å². The number of carbonyl (C=O) groups is 1. The molecule has 0 amide bonds. The Hall–Kier alpha value is -2.33. The molecule has 4 nitrogen and oxygen atoms in total. The van der Waals surface area contributed by atoms with Gasteiger partial charge in [-0.3, -0.25) is 4.79 Å². The van der Waals surface area contributed by atoms with Gasteiger partial charge in [0.25, 0.3) is 0 Å². The summed E-state index contributed by atoms with van der Waals surface area (Å²) in [6.45, 7) is 1.64. The lowest BCUT2D eigenvalue weighted by atomic mass is 9.89. The van der Waals surface area contributed by atoms with Gasteiger partial charge in [-0.25, -0.2) is 0 Å². The molecular weight excluding hydrogens is 280 g/mol. The Morgan fingerprint density at radius 1 is 0.955 bits per heavy atom. The third kappa shape index (κ3) is 3.65. The van der Waals surface area contributed by atoms with Gasteiger partial charge in [-0.2, -0.15) is 0 Å². The van der Waals surface area contributed by atoms with Crippen molar-refractivity contribution in [3.63, 3.8) is 0 Å². The van der Waals surface area contributed by atoms with Crippen molar-refractivity contribution in [3.05, 3.63) is 59.7 Å². The van der Waals surface area contributed by atoms with Gasteiger partial charge in [-0.05, 0) is 48.9 Å². The Labute approximate surface area is 130 Å². The molecule has 0 bridgehead atoms. The number of ether oxygens (including phenoxy) is 2. The largest absolute Gasteiger partial charge is 0.497 e. The Morgan fingerprint density at radius 3 is 1.86 bits per heavy atom. The first-order valence-corrected chi connectivity index (χ1v) is 7.00. The van der Waals surface area contributed by atoms with Crippen LogP contribution in [0.3, 0.4) is 0 Å². The van der Waals surface area contributed by atoms with Crippen LogP contribution in [0.4, 0.5) is 0 Å². The van der Waals surface area contributed by atoms with E-state index in [0.717, 1.165) is 0 Å². The van der Waals surface area contributed by atoms with Crippen LogP contribution in [0.1, 0.15) is 29.3 Å². The molecule has 0 aliphatic carbocycles. The van der Waals surface area contributed by atoms with Gasteiger partial charge >= 0.3 is 0 Å². The Bertz CT molecular complexity index is 627. The molecule has 1 N–H and O–H groups in total. The van der Waals surface area contributed by atoms with Crippen LogP contribution in [-0.2, 0) is 5.60 Å². The van der Waals surface area contributed by atoms with E-state index in [1.54, 1.807) is 69.7 Å². The number of hydrogen-bond acceptors (Lipinski definition) is 4. The fourth-order valence-corrected chi connectivity index (χ4v) is 2.24. The highest BCUT2D eigenvalue weighted by atomic mass is 16.5. The van der Waals surface area contributed by atoms with E-state index in [2.05, 4.69) is 0 Å². The van der Waals surface area contributed by atoms with E-state index in [1.165, 1.54) is 0 Å². The maximum absolute atomic E-state index is 12.3. The molecule has 0 saturated heterocycles. The average Bonchev–Trinajstić information content (AvgIpc) is 2.54. The van der Waals surface area contributed by atoms with Crippen LogP contribution in [0.25, 0.3) is 0 Å². The molecule has 2 rings (SSSR count). The second kappa shape index (κ2) is 6.62. The second-order valence-electron chi connectivity index (χ2n) is 5.33. The molecular formula is C18H20O4. The monoisotopic (exact) mass is 300 g/mol. The first kappa shape index (κ1) is 16.0. The van der Waals surface area contributed by atoms with Gasteiger partial charge in [-0.15, -0.1) is 0 Å². The third-order valence-corrected chi connectivity index (χ3v) is 3.63. The predicted molar refractivity (Wildman–Crippen MR) is 84.5 cm³/mol. The zero-order valence-corrected chi connectivity index (χ0v) is 13.0. The van der Waals surface area contributed by atoms with Crippen LogP contribution in [0.5, 0.6) is 11.5 Å². The lowest BCUT2D eigenvalue weighted by molar-refractivity contribution is 0.0431. The van der Waals surface area contributed by atoms with Crippen LogP contribution < -0.4 is 9.47 Å². The van der Waals surface area contributed by atoms with Crippen molar-refractivity contribution in [3.8, 4) is 11.5 Å². The number of hydrogen-bond donors (Lipinski definition) is 1. The van der Waals surface area contributed by atoms with Crippen LogP contribution in [-0.4, -0.2) is 25.1 Å². The fraction of sp³-hybridized carbons (Fsp3) is 0.278. The highest BCUT2D eigenvalue weighted by molar-refractivity contribution is 5.96. The zero-order chi connectivity index (χ0) is 16.2. The quantitative estimate of drug-likeness (QED) is 0.832. The maximum Gasteiger partial charge on any atom is 0.166 e. The lowest BCUT2D eigenvalue weighted by Gasteiger charge is -2.23. The Balaban J connectivity index is 2.13. The molecule has 2 aromatic carbocycles. The normalized spacial score (nSPS) is 13.3. The highest BCUT2D eigenvalue weighted by Crippen LogP contribution is 2.28. The second-order valence-corrected chi connectivity index (χ2v) is 5.33. The first-order chi connectivity index (χ1) is 10.5. The molecule has 0 heterocycles. The summed E-state index contributed by atoms with van der Waals surface area (Å²) >= 11 is 0. The summed E-state index contributed by atoms with van der Waals surface area (Å²) < 4.78 is 10.2. The van der Waals surface area contributed by atoms with E-state index < -0.39 is 5.60 Å². The van der Waals surface area contributed by atoms with Crippen LogP contribution in [0, 0.1) is 0 Å². The molecule has 116 valence electrons. The molecule has 0 aromatic heterocycles. The molecule has 0 saturated carbocycles. The average molecular weight is 300 g/mol. The van der Waals surface area contributed by atoms with Gasteiger partial charge in [0, 0.05) is 12.0 Å². The number of rotatable bonds is 6. The first-order valence-electron chi connectivity index (χ1n) is 7.00. The molecule has 1 atom stereocenters. The third-order valence-electron chi connectivity index (χ3n) is 3.63. The molecule has 22 heavy (non-hydrogen) atoms. The van der Waals surface area contributed by atoms with E-state index in [9.17, 15) is 9.90 Å². The van der Waals surface area contributed by atoms with Crippen molar-refractivity contribution in [2.24, 2.45) is 0 Å². The summed E-state index contributed by atoms with van der Waals surface area (Å²) in [7, 11) is 3.16. The zero-order valence-electron chi connectivity index (χ0n) is 13.0. The standard InChI is InChI=1S/C18H20O4/c1-18(20,14-6-10-16(22-3)11-7-14)12-17(19)13-4-8-15(21-2)9-5-13/h4-11,20H,12H2,1-3H3. The van der Waals surface area contributed by atoms with Crippen molar-refractivity contribution in [1.82, 2.24) is 0 Å². The number of methoxy groups -OCH3 is 2. The lowest BCUT2D eigenvalue weighted by Crippen LogP contribution is -2.25. The van der Waals surface area contributed by atoms with Crippen LogP contribution >= 0.6 is 0 Å². The van der Waals surface area contributed by atoms with Gasteiger partial charge in [0.15, 0.2) is 5.78 Å². The summed E-state index contributed by atoms with van der Waals surface area (Å²) in [5.41, 5.74) is -0.00624. The van der Waals surface area contributed by atoms with E-state index >= 15 is 0 Å². The topological polar surface area (TPSA) is 55.8 Å². The number of carbonyl (C=O) groups excluding carboxylic acids is 1. The molecule has 0 aliphatic heterocycles. The van der Waals surface area contributed by atoms with E-state index in [1.807, 2.05) is 0 Å². The van der Waals surface area contributed by atoms with E-state index in [4.69, 9.17) is 9.47 Å². The molecule has 0 aliphatic rings. The molecule has 0 radical (unpaired) electrons. The van der Waals surface area contributed by atoms with Crippen LogP contribution in [0.15, 0.2) is 48.5 Å².